The van der Waals surface area contributed by atoms with Crippen LogP contribution in [-0.2, 0) is 33.6 Å². The molecule has 0 saturated carbocycles. The second-order valence-electron chi connectivity index (χ2n) is 7.71. The zero-order valence-corrected chi connectivity index (χ0v) is 18.9. The maximum Gasteiger partial charge on any atom is 0.326 e. The number of hydrogen-bond acceptors (Lipinski definition) is 8. The van der Waals surface area contributed by atoms with Gasteiger partial charge in [0.25, 0.3) is 0 Å². The molecule has 15 nitrogen and oxygen atoms in total. The second kappa shape index (κ2) is 14.4. The molecule has 34 heavy (non-hydrogen) atoms. The Morgan fingerprint density at radius 3 is 1.76 bits per heavy atom. The van der Waals surface area contributed by atoms with E-state index in [4.69, 9.17) is 22.3 Å². The third-order valence-electron chi connectivity index (χ3n) is 4.86. The van der Waals surface area contributed by atoms with Crippen molar-refractivity contribution in [2.75, 3.05) is 0 Å². The number of nitrogens with one attached hydrogen (secondary N) is 3. The lowest BCUT2D eigenvalue weighted by molar-refractivity contribution is -0.144. The smallest absolute Gasteiger partial charge is 0.326 e. The fraction of sp³-hybridized carbons (Fsp3) is 0.632. The van der Waals surface area contributed by atoms with Crippen molar-refractivity contribution in [2.24, 2.45) is 23.1 Å². The van der Waals surface area contributed by atoms with E-state index in [1.54, 1.807) is 13.8 Å². The average molecular weight is 488 g/mol. The molecule has 0 aliphatic carbocycles. The van der Waals surface area contributed by atoms with Gasteiger partial charge in [-0.3, -0.25) is 28.8 Å². The van der Waals surface area contributed by atoms with Gasteiger partial charge in [-0.2, -0.15) is 0 Å². The van der Waals surface area contributed by atoms with Crippen LogP contribution >= 0.6 is 0 Å². The molecular formula is C19H32N6O9. The minimum Gasteiger partial charge on any atom is -0.481 e. The van der Waals surface area contributed by atoms with Crippen LogP contribution in [0.1, 0.15) is 46.0 Å². The van der Waals surface area contributed by atoms with E-state index in [9.17, 15) is 38.7 Å². The first-order valence-electron chi connectivity index (χ1n) is 10.4. The number of primary amides is 2. The lowest BCUT2D eigenvalue weighted by Crippen LogP contribution is -2.58. The van der Waals surface area contributed by atoms with Crippen LogP contribution in [0.2, 0.25) is 0 Å². The number of rotatable bonds is 16. The Hall–Kier alpha value is -3.75. The molecule has 0 radical (unpaired) electrons. The molecule has 0 heterocycles. The van der Waals surface area contributed by atoms with E-state index in [0.717, 1.165) is 0 Å². The Labute approximate surface area is 195 Å². The first-order valence-corrected chi connectivity index (χ1v) is 10.4. The van der Waals surface area contributed by atoms with Gasteiger partial charge in [0, 0.05) is 6.42 Å². The highest BCUT2D eigenvalue weighted by atomic mass is 16.4. The maximum absolute atomic E-state index is 12.7. The number of carboxylic acids is 2. The fourth-order valence-corrected chi connectivity index (χ4v) is 2.74. The Morgan fingerprint density at radius 2 is 1.32 bits per heavy atom. The van der Waals surface area contributed by atoms with Crippen molar-refractivity contribution in [1.29, 1.82) is 0 Å². The molecule has 0 aromatic rings. The number of aliphatic carboxylic acids is 2. The number of carbonyl (C=O) groups is 7. The number of nitrogens with two attached hydrogens (primary N) is 3. The normalized spacial score (nSPS) is 15.0. The molecule has 192 valence electrons. The number of hydrogen-bond donors (Lipinski definition) is 8. The molecule has 5 amide bonds. The largest absolute Gasteiger partial charge is 0.481 e. The Bertz CT molecular complexity index is 803. The molecule has 0 rings (SSSR count). The molecule has 0 bridgehead atoms. The van der Waals surface area contributed by atoms with Crippen LogP contribution in [-0.4, -0.2) is 75.9 Å². The lowest BCUT2D eigenvalue weighted by Gasteiger charge is -2.25. The summed E-state index contributed by atoms with van der Waals surface area (Å²) in [5, 5.41) is 25.0. The van der Waals surface area contributed by atoms with Gasteiger partial charge < -0.3 is 43.4 Å². The van der Waals surface area contributed by atoms with E-state index in [-0.39, 0.29) is 12.8 Å². The van der Waals surface area contributed by atoms with Crippen molar-refractivity contribution < 1.29 is 43.8 Å². The molecule has 15 heteroatoms. The van der Waals surface area contributed by atoms with Gasteiger partial charge in [0.1, 0.15) is 18.1 Å². The molecule has 5 unspecified atom stereocenters. The Morgan fingerprint density at radius 1 is 0.794 bits per heavy atom. The van der Waals surface area contributed by atoms with Crippen LogP contribution in [0.25, 0.3) is 0 Å². The molecule has 0 aromatic heterocycles. The van der Waals surface area contributed by atoms with Crippen molar-refractivity contribution in [1.82, 2.24) is 16.0 Å². The van der Waals surface area contributed by atoms with Gasteiger partial charge in [-0.15, -0.1) is 0 Å². The summed E-state index contributed by atoms with van der Waals surface area (Å²) in [6.45, 7) is 3.26. The first-order chi connectivity index (χ1) is 15.7. The highest BCUT2D eigenvalue weighted by Crippen LogP contribution is 2.09. The van der Waals surface area contributed by atoms with Gasteiger partial charge in [-0.1, -0.05) is 20.3 Å². The second-order valence-corrected chi connectivity index (χ2v) is 7.71. The first kappa shape index (κ1) is 30.2. The minimum absolute atomic E-state index is 0.331. The van der Waals surface area contributed by atoms with E-state index < -0.39 is 84.4 Å². The van der Waals surface area contributed by atoms with E-state index in [0.29, 0.717) is 6.42 Å². The lowest BCUT2D eigenvalue weighted by atomic mass is 9.98. The van der Waals surface area contributed by atoms with Gasteiger partial charge in [-0.05, 0) is 12.3 Å². The molecular weight excluding hydrogens is 456 g/mol. The highest BCUT2D eigenvalue weighted by molar-refractivity contribution is 5.96. The highest BCUT2D eigenvalue weighted by Gasteiger charge is 2.33. The summed E-state index contributed by atoms with van der Waals surface area (Å²) in [6.07, 6.45) is -1.75. The average Bonchev–Trinajstić information content (AvgIpc) is 2.72. The zero-order valence-electron chi connectivity index (χ0n) is 18.9. The van der Waals surface area contributed by atoms with Crippen molar-refractivity contribution in [3.8, 4) is 0 Å². The maximum atomic E-state index is 12.7. The van der Waals surface area contributed by atoms with Crippen molar-refractivity contribution in [3.63, 3.8) is 0 Å². The van der Waals surface area contributed by atoms with E-state index in [1.807, 2.05) is 0 Å². The SMILES string of the molecule is CCC(C)C(NC(=O)C(CC(=O)O)NC(=O)C(CCC(N)=O)NC(=O)C(N)CC(N)=O)C(=O)O. The summed E-state index contributed by atoms with van der Waals surface area (Å²) < 4.78 is 0. The molecule has 0 fully saturated rings. The van der Waals surface area contributed by atoms with E-state index in [1.165, 1.54) is 0 Å². The standard InChI is InChI=1S/C19H32N6O9/c1-3-8(2)15(19(33)34)25-18(32)11(7-14(28)29)24-17(31)10(4-5-12(21)26)23-16(30)9(20)6-13(22)27/h8-11,15H,3-7,20H2,1-2H3,(H2,21,26)(H2,22,27)(H,23,30)(H,24,31)(H,25,32)(H,28,29)(H,33,34). The summed E-state index contributed by atoms with van der Waals surface area (Å²) in [6, 6.07) is -5.94. The Balaban J connectivity index is 5.64. The fourth-order valence-electron chi connectivity index (χ4n) is 2.74. The molecule has 0 aromatic carbocycles. The quantitative estimate of drug-likeness (QED) is 0.106. The van der Waals surface area contributed by atoms with Gasteiger partial charge in [0.15, 0.2) is 0 Å². The minimum atomic E-state index is -1.71. The number of amides is 5. The van der Waals surface area contributed by atoms with Gasteiger partial charge in [-0.25, -0.2) is 4.79 Å². The topological polar surface area (TPSA) is 274 Å². The zero-order chi connectivity index (χ0) is 26.6. The molecule has 11 N–H and O–H groups in total. The van der Waals surface area contributed by atoms with E-state index >= 15 is 0 Å². The van der Waals surface area contributed by atoms with Gasteiger partial charge in [0.05, 0.1) is 18.9 Å². The Kier molecular flexibility index (Phi) is 12.8. The van der Waals surface area contributed by atoms with Crippen molar-refractivity contribution in [2.45, 2.75) is 70.1 Å². The summed E-state index contributed by atoms with van der Waals surface area (Å²) in [5.41, 5.74) is 15.6. The summed E-state index contributed by atoms with van der Waals surface area (Å²) in [7, 11) is 0. The summed E-state index contributed by atoms with van der Waals surface area (Å²) >= 11 is 0. The predicted molar refractivity (Wildman–Crippen MR) is 115 cm³/mol. The monoisotopic (exact) mass is 488 g/mol. The van der Waals surface area contributed by atoms with Crippen LogP contribution in [0.4, 0.5) is 0 Å². The van der Waals surface area contributed by atoms with Gasteiger partial charge in [0.2, 0.25) is 29.5 Å². The van der Waals surface area contributed by atoms with Crippen molar-refractivity contribution >= 4 is 41.5 Å². The number of carbonyl (C=O) groups excluding carboxylic acids is 5. The molecule has 0 spiro atoms. The number of carboxylic acid groups (broad SMARTS) is 2. The van der Waals surface area contributed by atoms with Crippen LogP contribution in [0.5, 0.6) is 0 Å². The van der Waals surface area contributed by atoms with Crippen LogP contribution in [0.15, 0.2) is 0 Å². The predicted octanol–water partition coefficient (Wildman–Crippen LogP) is -3.49. The van der Waals surface area contributed by atoms with Crippen molar-refractivity contribution in [3.05, 3.63) is 0 Å². The molecule has 0 aliphatic rings. The van der Waals surface area contributed by atoms with Gasteiger partial charge >= 0.3 is 11.9 Å². The summed E-state index contributed by atoms with van der Waals surface area (Å²) in [5.74, 6) is -8.12. The van der Waals surface area contributed by atoms with Crippen LogP contribution < -0.4 is 33.2 Å². The summed E-state index contributed by atoms with van der Waals surface area (Å²) in [4.78, 5) is 82.3. The third kappa shape index (κ3) is 11.2. The van der Waals surface area contributed by atoms with Crippen LogP contribution in [0.3, 0.4) is 0 Å². The third-order valence-corrected chi connectivity index (χ3v) is 4.86. The molecule has 5 atom stereocenters. The molecule has 0 saturated heterocycles. The van der Waals surface area contributed by atoms with Crippen LogP contribution in [0, 0.1) is 5.92 Å². The molecule has 0 aliphatic heterocycles. The van der Waals surface area contributed by atoms with E-state index in [2.05, 4.69) is 16.0 Å².